The Kier molecular flexibility index (Phi) is 7.15. The van der Waals surface area contributed by atoms with Gasteiger partial charge >= 0.3 is 0 Å². The summed E-state index contributed by atoms with van der Waals surface area (Å²) in [6.07, 6.45) is 1.53. The lowest BCUT2D eigenvalue weighted by atomic mass is 9.96. The van der Waals surface area contributed by atoms with Crippen molar-refractivity contribution in [2.45, 2.75) is 26.7 Å². The quantitative estimate of drug-likeness (QED) is 0.271. The zero-order chi connectivity index (χ0) is 25.3. The van der Waals surface area contributed by atoms with Gasteiger partial charge in [-0.05, 0) is 65.9 Å². The molecule has 3 aromatic carbocycles. The smallest absolute Gasteiger partial charge is 0.282 e. The molecule has 0 radical (unpaired) electrons. The highest BCUT2D eigenvalue weighted by molar-refractivity contribution is 6.37. The predicted molar refractivity (Wildman–Crippen MR) is 143 cm³/mol. The van der Waals surface area contributed by atoms with Gasteiger partial charge in [-0.25, -0.2) is 4.98 Å². The molecule has 6 nitrogen and oxygen atoms in total. The molecular weight excluding hydrogens is 485 g/mol. The Bertz CT molecular complexity index is 1490. The number of benzene rings is 3. The summed E-state index contributed by atoms with van der Waals surface area (Å²) >= 11 is 12.6. The molecule has 4 aromatic rings. The van der Waals surface area contributed by atoms with Crippen molar-refractivity contribution in [3.05, 3.63) is 85.6 Å². The van der Waals surface area contributed by atoms with Gasteiger partial charge in [-0.3, -0.25) is 4.79 Å². The zero-order valence-corrected chi connectivity index (χ0v) is 21.6. The van der Waals surface area contributed by atoms with Crippen LogP contribution in [-0.2, 0) is 0 Å². The average Bonchev–Trinajstić information content (AvgIpc) is 2.83. The Morgan fingerprint density at radius 3 is 2.34 bits per heavy atom. The fourth-order valence-corrected chi connectivity index (χ4v) is 4.60. The Morgan fingerprint density at radius 2 is 1.71 bits per heavy atom. The highest BCUT2D eigenvalue weighted by Crippen LogP contribution is 2.35. The predicted octanol–water partition coefficient (Wildman–Crippen LogP) is 6.70. The minimum Gasteiger partial charge on any atom is -0.496 e. The first-order valence-electron chi connectivity index (χ1n) is 11.0. The van der Waals surface area contributed by atoms with E-state index in [1.807, 2.05) is 31.2 Å². The second kappa shape index (κ2) is 10.1. The third kappa shape index (κ3) is 4.77. The van der Waals surface area contributed by atoms with Gasteiger partial charge in [0, 0.05) is 5.56 Å². The maximum Gasteiger partial charge on any atom is 0.282 e. The van der Waals surface area contributed by atoms with E-state index >= 15 is 0 Å². The molecule has 180 valence electrons. The zero-order valence-electron chi connectivity index (χ0n) is 20.1. The van der Waals surface area contributed by atoms with Crippen molar-refractivity contribution in [3.63, 3.8) is 0 Å². The van der Waals surface area contributed by atoms with Crippen LogP contribution >= 0.6 is 23.2 Å². The molecule has 8 heteroatoms. The molecule has 0 aliphatic carbocycles. The summed E-state index contributed by atoms with van der Waals surface area (Å²) in [6.45, 7) is 6.14. The van der Waals surface area contributed by atoms with Gasteiger partial charge in [0.1, 0.15) is 5.75 Å². The van der Waals surface area contributed by atoms with Crippen molar-refractivity contribution in [2.75, 3.05) is 14.2 Å². The van der Waals surface area contributed by atoms with Gasteiger partial charge < -0.3 is 9.47 Å². The summed E-state index contributed by atoms with van der Waals surface area (Å²) in [4.78, 5) is 18.4. The third-order valence-electron chi connectivity index (χ3n) is 5.74. The van der Waals surface area contributed by atoms with E-state index in [9.17, 15) is 4.79 Å². The van der Waals surface area contributed by atoms with Gasteiger partial charge in [-0.15, -0.1) is 0 Å². The van der Waals surface area contributed by atoms with Gasteiger partial charge in [0.05, 0.1) is 41.4 Å². The van der Waals surface area contributed by atoms with E-state index in [0.717, 1.165) is 22.4 Å². The molecule has 0 fully saturated rings. The molecule has 1 heterocycles. The molecule has 0 bridgehead atoms. The van der Waals surface area contributed by atoms with E-state index in [-0.39, 0.29) is 11.5 Å². The molecule has 0 atom stereocenters. The molecule has 0 N–H and O–H groups in total. The Labute approximate surface area is 213 Å². The summed E-state index contributed by atoms with van der Waals surface area (Å²) in [5.41, 5.74) is 3.64. The summed E-state index contributed by atoms with van der Waals surface area (Å²) < 4.78 is 12.1. The topological polar surface area (TPSA) is 65.7 Å². The van der Waals surface area contributed by atoms with E-state index < -0.39 is 0 Å². The van der Waals surface area contributed by atoms with E-state index in [0.29, 0.717) is 38.1 Å². The van der Waals surface area contributed by atoms with Crippen molar-refractivity contribution in [1.82, 2.24) is 9.66 Å². The molecule has 0 unspecified atom stereocenters. The minimum atomic E-state index is -0.283. The lowest BCUT2D eigenvalue weighted by Crippen LogP contribution is -2.20. The molecule has 1 aromatic heterocycles. The Balaban J connectivity index is 1.97. The SMILES string of the molecule is COc1cc(C)c(-c2nc3ccccc3c(=O)n2N=Cc2cc(Cl)c(OC)c(Cl)c2)cc1C(C)C. The minimum absolute atomic E-state index is 0.206. The van der Waals surface area contributed by atoms with Crippen molar-refractivity contribution < 1.29 is 9.47 Å². The van der Waals surface area contributed by atoms with E-state index in [1.54, 1.807) is 31.4 Å². The molecule has 0 aliphatic rings. The monoisotopic (exact) mass is 509 g/mol. The number of hydrogen-bond acceptors (Lipinski definition) is 5. The standard InChI is InChI=1S/C27H25Cl2N3O3/c1-15(2)19-13-20(16(3)10-24(19)34-4)26-31-23-9-7-6-8-18(23)27(33)32(26)30-14-17-11-21(28)25(35-5)22(29)12-17/h6-15H,1-5H3. The molecule has 0 saturated heterocycles. The maximum absolute atomic E-state index is 13.5. The van der Waals surface area contributed by atoms with Gasteiger partial charge in [0.2, 0.25) is 0 Å². The van der Waals surface area contributed by atoms with Crippen LogP contribution in [-0.4, -0.2) is 30.1 Å². The van der Waals surface area contributed by atoms with E-state index in [2.05, 4.69) is 18.9 Å². The van der Waals surface area contributed by atoms with Crippen molar-refractivity contribution in [1.29, 1.82) is 0 Å². The fourth-order valence-electron chi connectivity index (χ4n) is 3.95. The first-order chi connectivity index (χ1) is 16.7. The molecule has 0 spiro atoms. The summed E-state index contributed by atoms with van der Waals surface area (Å²) in [6, 6.07) is 14.5. The Hall–Kier alpha value is -3.35. The van der Waals surface area contributed by atoms with Crippen LogP contribution in [0.4, 0.5) is 0 Å². The third-order valence-corrected chi connectivity index (χ3v) is 6.30. The molecular formula is C27H25Cl2N3O3. The van der Waals surface area contributed by atoms with E-state index in [1.165, 1.54) is 18.0 Å². The van der Waals surface area contributed by atoms with Crippen LogP contribution in [0.1, 0.15) is 36.5 Å². The Morgan fingerprint density at radius 1 is 1.03 bits per heavy atom. The number of methoxy groups -OCH3 is 2. The number of rotatable bonds is 6. The van der Waals surface area contributed by atoms with Gasteiger partial charge in [0.15, 0.2) is 11.6 Å². The highest BCUT2D eigenvalue weighted by Gasteiger charge is 2.18. The number of aromatic nitrogens is 2. The van der Waals surface area contributed by atoms with Crippen LogP contribution in [0.5, 0.6) is 11.5 Å². The highest BCUT2D eigenvalue weighted by atomic mass is 35.5. The van der Waals surface area contributed by atoms with Crippen LogP contribution in [0.2, 0.25) is 10.0 Å². The van der Waals surface area contributed by atoms with Crippen LogP contribution in [0.15, 0.2) is 58.4 Å². The van der Waals surface area contributed by atoms with Gasteiger partial charge in [-0.2, -0.15) is 9.78 Å². The average molecular weight is 510 g/mol. The number of halogens is 2. The molecule has 0 aliphatic heterocycles. The number of aryl methyl sites for hydroxylation is 1. The fraction of sp³-hybridized carbons (Fsp3) is 0.222. The largest absolute Gasteiger partial charge is 0.496 e. The maximum atomic E-state index is 13.5. The lowest BCUT2D eigenvalue weighted by molar-refractivity contribution is 0.407. The van der Waals surface area contributed by atoms with Crippen molar-refractivity contribution >= 4 is 40.3 Å². The first-order valence-corrected chi connectivity index (χ1v) is 11.8. The lowest BCUT2D eigenvalue weighted by Gasteiger charge is -2.17. The van der Waals surface area contributed by atoms with Crippen molar-refractivity contribution in [2.24, 2.45) is 5.10 Å². The molecule has 0 saturated carbocycles. The summed E-state index contributed by atoms with van der Waals surface area (Å²) in [7, 11) is 3.15. The number of nitrogens with zero attached hydrogens (tertiary/aromatic N) is 3. The normalized spacial score (nSPS) is 11.5. The number of para-hydroxylation sites is 1. The van der Waals surface area contributed by atoms with Crippen LogP contribution in [0, 0.1) is 6.92 Å². The van der Waals surface area contributed by atoms with Crippen LogP contribution in [0.25, 0.3) is 22.3 Å². The van der Waals surface area contributed by atoms with Crippen molar-refractivity contribution in [3.8, 4) is 22.9 Å². The second-order valence-corrected chi connectivity index (χ2v) is 9.21. The number of ether oxygens (including phenoxy) is 2. The molecule has 0 amide bonds. The van der Waals surface area contributed by atoms with E-state index in [4.69, 9.17) is 37.7 Å². The summed E-state index contributed by atoms with van der Waals surface area (Å²) in [5, 5.41) is 5.68. The van der Waals surface area contributed by atoms with Crippen LogP contribution < -0.4 is 15.0 Å². The number of hydrogen-bond donors (Lipinski definition) is 0. The molecule has 35 heavy (non-hydrogen) atoms. The first kappa shape index (κ1) is 24.8. The van der Waals surface area contributed by atoms with Gasteiger partial charge in [-0.1, -0.05) is 49.2 Å². The van der Waals surface area contributed by atoms with Gasteiger partial charge in [0.25, 0.3) is 5.56 Å². The molecule has 4 rings (SSSR count). The summed E-state index contributed by atoms with van der Waals surface area (Å²) in [5.74, 6) is 1.81. The second-order valence-electron chi connectivity index (χ2n) is 8.40. The number of fused-ring (bicyclic) bond motifs is 1. The van der Waals surface area contributed by atoms with Crippen LogP contribution in [0.3, 0.4) is 0 Å².